The lowest BCUT2D eigenvalue weighted by atomic mass is 10.0. The number of nitrogens with zero attached hydrogens (tertiary/aromatic N) is 3. The summed E-state index contributed by atoms with van der Waals surface area (Å²) in [6.45, 7) is 2.54. The zero-order valence-electron chi connectivity index (χ0n) is 21.5. The first-order valence-electron chi connectivity index (χ1n) is 12.8. The number of aryl methyl sites for hydroxylation is 1. The average Bonchev–Trinajstić information content (AvgIpc) is 3.56. The van der Waals surface area contributed by atoms with Gasteiger partial charge in [0.1, 0.15) is 5.75 Å². The molecule has 4 aromatic rings. The summed E-state index contributed by atoms with van der Waals surface area (Å²) in [5.41, 5.74) is 4.81. The quantitative estimate of drug-likeness (QED) is 0.284. The van der Waals surface area contributed by atoms with Crippen LogP contribution in [0.5, 0.6) is 5.75 Å². The van der Waals surface area contributed by atoms with E-state index in [0.29, 0.717) is 18.1 Å². The van der Waals surface area contributed by atoms with Crippen LogP contribution in [0.1, 0.15) is 42.4 Å². The molecule has 0 aliphatic carbocycles. The van der Waals surface area contributed by atoms with Gasteiger partial charge in [-0.25, -0.2) is 0 Å². The van der Waals surface area contributed by atoms with E-state index in [0.717, 1.165) is 40.5 Å². The van der Waals surface area contributed by atoms with E-state index in [2.05, 4.69) is 38.1 Å². The second-order valence-electron chi connectivity index (χ2n) is 9.10. The Morgan fingerprint density at radius 2 is 1.84 bits per heavy atom. The van der Waals surface area contributed by atoms with Gasteiger partial charge in [-0.15, -0.1) is 0 Å². The molecule has 0 spiro atoms. The lowest BCUT2D eigenvalue weighted by Gasteiger charge is -2.29. The van der Waals surface area contributed by atoms with Crippen LogP contribution >= 0.6 is 12.2 Å². The maximum absolute atomic E-state index is 13.0. The lowest BCUT2D eigenvalue weighted by Crippen LogP contribution is -2.33. The second-order valence-corrected chi connectivity index (χ2v) is 9.49. The standard InChI is InChI=1S/C30H31N5O2S/c1-3-21-11-4-5-12-22(21)32-27(36)17-20-35-29(28(33-30(35)38)23-13-8-9-18-31-23)25-15-10-19-34(25)24-14-6-7-16-26(24)37-2/h4-16,18-19,28-29H,3,17,20H2,1-2H3,(H,32,36)(H,33,38)/t28-,29-/m0/s1. The third-order valence-corrected chi connectivity index (χ3v) is 7.23. The Labute approximate surface area is 228 Å². The maximum atomic E-state index is 13.0. The van der Waals surface area contributed by atoms with Gasteiger partial charge in [0.15, 0.2) is 5.11 Å². The third-order valence-electron chi connectivity index (χ3n) is 6.88. The number of carbonyl (C=O) groups is 1. The number of para-hydroxylation sites is 3. The van der Waals surface area contributed by atoms with Crippen molar-refractivity contribution in [2.24, 2.45) is 0 Å². The highest BCUT2D eigenvalue weighted by atomic mass is 32.1. The Balaban J connectivity index is 1.46. The number of benzene rings is 2. The second kappa shape index (κ2) is 11.5. The van der Waals surface area contributed by atoms with E-state index in [1.54, 1.807) is 13.3 Å². The summed E-state index contributed by atoms with van der Waals surface area (Å²) in [7, 11) is 1.67. The van der Waals surface area contributed by atoms with Gasteiger partial charge in [-0.05, 0) is 66.7 Å². The number of nitrogens with one attached hydrogen (secondary N) is 2. The first-order chi connectivity index (χ1) is 18.6. The third kappa shape index (κ3) is 5.13. The van der Waals surface area contributed by atoms with Gasteiger partial charge in [-0.3, -0.25) is 9.78 Å². The molecule has 3 heterocycles. The van der Waals surface area contributed by atoms with Crippen LogP contribution in [0.2, 0.25) is 0 Å². The Morgan fingerprint density at radius 1 is 1.05 bits per heavy atom. The van der Waals surface area contributed by atoms with Crippen molar-refractivity contribution in [3.8, 4) is 11.4 Å². The average molecular weight is 526 g/mol. The van der Waals surface area contributed by atoms with Gasteiger partial charge in [-0.1, -0.05) is 43.3 Å². The minimum atomic E-state index is -0.187. The van der Waals surface area contributed by atoms with Gasteiger partial charge in [0.05, 0.1) is 30.6 Å². The van der Waals surface area contributed by atoms with Gasteiger partial charge in [0, 0.05) is 36.7 Å². The zero-order chi connectivity index (χ0) is 26.5. The van der Waals surface area contributed by atoms with Crippen LogP contribution in [0.4, 0.5) is 5.69 Å². The maximum Gasteiger partial charge on any atom is 0.226 e. The van der Waals surface area contributed by atoms with E-state index in [1.165, 1.54) is 0 Å². The van der Waals surface area contributed by atoms with E-state index in [4.69, 9.17) is 17.0 Å². The van der Waals surface area contributed by atoms with Crippen molar-refractivity contribution in [3.05, 3.63) is 108 Å². The highest BCUT2D eigenvalue weighted by molar-refractivity contribution is 7.80. The van der Waals surface area contributed by atoms with Crippen LogP contribution in [0, 0.1) is 0 Å². The molecule has 2 aromatic carbocycles. The van der Waals surface area contributed by atoms with Crippen LogP contribution in [-0.2, 0) is 11.2 Å². The fourth-order valence-electron chi connectivity index (χ4n) is 5.04. The topological polar surface area (TPSA) is 71.4 Å². The van der Waals surface area contributed by atoms with Gasteiger partial charge in [-0.2, -0.15) is 0 Å². The molecular formula is C30H31N5O2S. The SMILES string of the molecule is CCc1ccccc1NC(=O)CCN1C(=S)N[C@@H](c2ccccn2)[C@@H]1c1cccn1-c1ccccc1OC. The molecule has 1 aliphatic rings. The minimum absolute atomic E-state index is 0.0474. The summed E-state index contributed by atoms with van der Waals surface area (Å²) in [6, 6.07) is 25.4. The predicted molar refractivity (Wildman–Crippen MR) is 154 cm³/mol. The number of hydrogen-bond donors (Lipinski definition) is 2. The molecule has 2 N–H and O–H groups in total. The Kier molecular flexibility index (Phi) is 7.70. The summed E-state index contributed by atoms with van der Waals surface area (Å²) in [6.07, 6.45) is 4.96. The number of methoxy groups -OCH3 is 1. The van der Waals surface area contributed by atoms with Gasteiger partial charge < -0.3 is 24.8 Å². The number of anilines is 1. The smallest absolute Gasteiger partial charge is 0.226 e. The molecule has 2 atom stereocenters. The normalized spacial score (nSPS) is 16.8. The molecule has 1 fully saturated rings. The van der Waals surface area contributed by atoms with E-state index in [-0.39, 0.29) is 18.0 Å². The minimum Gasteiger partial charge on any atom is -0.495 e. The summed E-state index contributed by atoms with van der Waals surface area (Å²) in [4.78, 5) is 19.8. The molecule has 1 amide bonds. The van der Waals surface area contributed by atoms with E-state index >= 15 is 0 Å². The molecule has 1 saturated heterocycles. The number of ether oxygens (including phenoxy) is 1. The molecule has 1 aliphatic heterocycles. The monoisotopic (exact) mass is 525 g/mol. The summed E-state index contributed by atoms with van der Waals surface area (Å²) in [5, 5.41) is 7.16. The van der Waals surface area contributed by atoms with E-state index in [1.807, 2.05) is 79.0 Å². The molecule has 2 aromatic heterocycles. The molecular weight excluding hydrogens is 494 g/mol. The number of rotatable bonds is 9. The van der Waals surface area contributed by atoms with Gasteiger partial charge >= 0.3 is 0 Å². The number of thiocarbonyl (C=S) groups is 1. The summed E-state index contributed by atoms with van der Waals surface area (Å²) < 4.78 is 7.78. The number of amides is 1. The number of aromatic nitrogens is 2. The fourth-order valence-corrected chi connectivity index (χ4v) is 5.37. The molecule has 0 bridgehead atoms. The lowest BCUT2D eigenvalue weighted by molar-refractivity contribution is -0.116. The van der Waals surface area contributed by atoms with Crippen molar-refractivity contribution in [1.29, 1.82) is 0 Å². The number of carbonyl (C=O) groups excluding carboxylic acids is 1. The van der Waals surface area contributed by atoms with Crippen LogP contribution in [0.3, 0.4) is 0 Å². The zero-order valence-corrected chi connectivity index (χ0v) is 22.3. The number of pyridine rings is 1. The molecule has 0 radical (unpaired) electrons. The molecule has 7 nitrogen and oxygen atoms in total. The first-order valence-corrected chi connectivity index (χ1v) is 13.2. The van der Waals surface area contributed by atoms with Crippen LogP contribution < -0.4 is 15.4 Å². The molecule has 0 unspecified atom stereocenters. The predicted octanol–water partition coefficient (Wildman–Crippen LogP) is 5.44. The van der Waals surface area contributed by atoms with Crippen molar-refractivity contribution in [2.75, 3.05) is 19.0 Å². The molecule has 5 rings (SSSR count). The van der Waals surface area contributed by atoms with Crippen LogP contribution in [0.15, 0.2) is 91.3 Å². The molecule has 0 saturated carbocycles. The fraction of sp³-hybridized carbons (Fsp3) is 0.233. The molecule has 8 heteroatoms. The van der Waals surface area contributed by atoms with Crippen molar-refractivity contribution in [1.82, 2.24) is 19.8 Å². The Bertz CT molecular complexity index is 1420. The number of hydrogen-bond acceptors (Lipinski definition) is 4. The van der Waals surface area contributed by atoms with E-state index < -0.39 is 0 Å². The first kappa shape index (κ1) is 25.5. The summed E-state index contributed by atoms with van der Waals surface area (Å²) in [5.74, 6) is 0.724. The Morgan fingerprint density at radius 3 is 2.63 bits per heavy atom. The van der Waals surface area contributed by atoms with Gasteiger partial charge in [0.2, 0.25) is 5.91 Å². The van der Waals surface area contributed by atoms with E-state index in [9.17, 15) is 4.79 Å². The van der Waals surface area contributed by atoms with Crippen molar-refractivity contribution >= 4 is 28.9 Å². The van der Waals surface area contributed by atoms with Crippen LogP contribution in [0.25, 0.3) is 5.69 Å². The largest absolute Gasteiger partial charge is 0.495 e. The van der Waals surface area contributed by atoms with Crippen molar-refractivity contribution < 1.29 is 9.53 Å². The molecule has 38 heavy (non-hydrogen) atoms. The van der Waals surface area contributed by atoms with Gasteiger partial charge in [0.25, 0.3) is 0 Å². The van der Waals surface area contributed by atoms with Crippen molar-refractivity contribution in [3.63, 3.8) is 0 Å². The molecule has 194 valence electrons. The highest BCUT2D eigenvalue weighted by Gasteiger charge is 2.41. The summed E-state index contributed by atoms with van der Waals surface area (Å²) >= 11 is 5.82. The highest BCUT2D eigenvalue weighted by Crippen LogP contribution is 2.40. The Hall–Kier alpha value is -4.17. The van der Waals surface area contributed by atoms with Crippen molar-refractivity contribution in [2.45, 2.75) is 31.8 Å². The van der Waals surface area contributed by atoms with Crippen LogP contribution in [-0.4, -0.2) is 39.1 Å².